The van der Waals surface area contributed by atoms with Crippen LogP contribution in [0, 0.1) is 11.7 Å². The molecule has 0 bridgehead atoms. The van der Waals surface area contributed by atoms with Crippen LogP contribution in [0.2, 0.25) is 0 Å². The molecular formula is C34H32F4N6O5. The van der Waals surface area contributed by atoms with Gasteiger partial charge in [-0.2, -0.15) is 13.2 Å². The first-order chi connectivity index (χ1) is 23.3. The average Bonchev–Trinajstić information content (AvgIpc) is 3.81. The van der Waals surface area contributed by atoms with Crippen LogP contribution in [0.15, 0.2) is 82.4 Å². The molecule has 6 rings (SSSR count). The van der Waals surface area contributed by atoms with Crippen LogP contribution >= 0.6 is 0 Å². The molecule has 256 valence electrons. The van der Waals surface area contributed by atoms with Gasteiger partial charge in [-0.15, -0.1) is 0 Å². The quantitative estimate of drug-likeness (QED) is 0.194. The number of H-pyrrole nitrogens is 1. The number of hydrogen-bond acceptors (Lipinski definition) is 6. The van der Waals surface area contributed by atoms with E-state index in [0.717, 1.165) is 34.2 Å². The van der Waals surface area contributed by atoms with Gasteiger partial charge in [-0.05, 0) is 60.2 Å². The molecule has 3 aromatic carbocycles. The smallest absolute Gasteiger partial charge is 0.475 e. The summed E-state index contributed by atoms with van der Waals surface area (Å²) in [5.41, 5.74) is 8.61. The van der Waals surface area contributed by atoms with Gasteiger partial charge in [0.05, 0.1) is 6.54 Å². The molecule has 0 atom stereocenters. The minimum Gasteiger partial charge on any atom is -0.475 e. The lowest BCUT2D eigenvalue weighted by atomic mass is 10.1. The van der Waals surface area contributed by atoms with Crippen molar-refractivity contribution in [2.75, 3.05) is 11.9 Å². The monoisotopic (exact) mass is 680 g/mol. The molecule has 1 saturated carbocycles. The van der Waals surface area contributed by atoms with Crippen molar-refractivity contribution in [2.24, 2.45) is 11.7 Å². The third kappa shape index (κ3) is 8.12. The van der Waals surface area contributed by atoms with Crippen molar-refractivity contribution < 1.29 is 32.3 Å². The first kappa shape index (κ1) is 34.8. The fourth-order valence-electron chi connectivity index (χ4n) is 5.08. The average molecular weight is 681 g/mol. The Morgan fingerprint density at radius 2 is 1.59 bits per heavy atom. The Labute approximate surface area is 276 Å². The largest absolute Gasteiger partial charge is 0.490 e. The second-order valence-corrected chi connectivity index (χ2v) is 11.6. The summed E-state index contributed by atoms with van der Waals surface area (Å²) in [6.07, 6.45) is -2.67. The number of carbonyl (C=O) groups excluding carboxylic acids is 1. The van der Waals surface area contributed by atoms with Crippen molar-refractivity contribution >= 4 is 28.7 Å². The van der Waals surface area contributed by atoms with Crippen LogP contribution in [0.1, 0.15) is 45.7 Å². The lowest BCUT2D eigenvalue weighted by molar-refractivity contribution is -0.192. The van der Waals surface area contributed by atoms with Gasteiger partial charge in [-0.1, -0.05) is 42.5 Å². The number of nitrogens with zero attached hydrogens (tertiary/aromatic N) is 4. The van der Waals surface area contributed by atoms with Crippen LogP contribution in [-0.2, 0) is 30.8 Å². The van der Waals surface area contributed by atoms with E-state index in [4.69, 9.17) is 15.6 Å². The number of aromatic nitrogens is 4. The van der Waals surface area contributed by atoms with Gasteiger partial charge < -0.3 is 20.7 Å². The number of alkyl halides is 3. The Kier molecular flexibility index (Phi) is 10.1. The number of benzene rings is 3. The van der Waals surface area contributed by atoms with Crippen LogP contribution in [0.5, 0.6) is 0 Å². The lowest BCUT2D eigenvalue weighted by Gasteiger charge is -2.18. The van der Waals surface area contributed by atoms with Crippen molar-refractivity contribution in [3.05, 3.63) is 128 Å². The molecule has 0 aliphatic heterocycles. The Hall–Kier alpha value is -5.57. The van der Waals surface area contributed by atoms with E-state index in [2.05, 4.69) is 9.97 Å². The summed E-state index contributed by atoms with van der Waals surface area (Å²) in [5, 5.41) is 7.12. The molecule has 1 fully saturated rings. The van der Waals surface area contributed by atoms with Crippen LogP contribution in [0.25, 0.3) is 11.2 Å². The zero-order valence-corrected chi connectivity index (χ0v) is 26.2. The van der Waals surface area contributed by atoms with E-state index >= 15 is 0 Å². The van der Waals surface area contributed by atoms with Crippen molar-refractivity contribution in [3.63, 3.8) is 0 Å². The van der Waals surface area contributed by atoms with E-state index in [9.17, 15) is 31.9 Å². The second-order valence-electron chi connectivity index (χ2n) is 11.6. The van der Waals surface area contributed by atoms with Gasteiger partial charge >= 0.3 is 17.8 Å². The van der Waals surface area contributed by atoms with Crippen LogP contribution in [0.4, 0.5) is 23.2 Å². The summed E-state index contributed by atoms with van der Waals surface area (Å²) in [6, 6.07) is 20.9. The minimum absolute atomic E-state index is 0.135. The van der Waals surface area contributed by atoms with Crippen LogP contribution in [-0.4, -0.2) is 49.3 Å². The molecule has 11 nitrogen and oxygen atoms in total. The molecule has 0 saturated heterocycles. The van der Waals surface area contributed by atoms with Gasteiger partial charge in [0, 0.05) is 43.4 Å². The molecule has 2 aromatic heterocycles. The molecule has 4 N–H and O–H groups in total. The first-order valence-corrected chi connectivity index (χ1v) is 15.2. The van der Waals surface area contributed by atoms with Crippen molar-refractivity contribution in [1.82, 2.24) is 19.1 Å². The van der Waals surface area contributed by atoms with E-state index < -0.39 is 29.2 Å². The van der Waals surface area contributed by atoms with Crippen LogP contribution in [0.3, 0.4) is 0 Å². The lowest BCUT2D eigenvalue weighted by Crippen LogP contribution is -2.40. The zero-order chi connectivity index (χ0) is 35.5. The first-order valence-electron chi connectivity index (χ1n) is 15.2. The minimum atomic E-state index is -5.08. The highest BCUT2D eigenvalue weighted by atomic mass is 19.4. The van der Waals surface area contributed by atoms with Gasteiger partial charge in [-0.25, -0.2) is 19.0 Å². The standard InChI is InChI=1S/C32H31FN6O3.C2HF3O2/c1-37(30(40)23-12-8-21(17-34)9-13-23)25-14-10-20(11-15-25)16-27-35-28-29(36-27)38(18-22-6-7-22)32(42)39(31(28)41)19-24-4-2-3-5-26(24)33;3-2(4,5)1(6)7/h2-5,8-15,22H,6-7,16-19,34H2,1H3,(H,35,36);(H,6,7). The van der Waals surface area contributed by atoms with E-state index in [1.165, 1.54) is 6.07 Å². The zero-order valence-electron chi connectivity index (χ0n) is 26.2. The number of hydrogen-bond donors (Lipinski definition) is 3. The fourth-order valence-corrected chi connectivity index (χ4v) is 5.08. The molecule has 1 aliphatic carbocycles. The molecule has 0 radical (unpaired) electrons. The number of carboxylic acid groups (broad SMARTS) is 1. The Morgan fingerprint density at radius 1 is 0.980 bits per heavy atom. The number of anilines is 1. The highest BCUT2D eigenvalue weighted by Crippen LogP contribution is 2.30. The van der Waals surface area contributed by atoms with Crippen molar-refractivity contribution in [1.29, 1.82) is 0 Å². The normalized spacial score (nSPS) is 12.8. The number of imidazole rings is 1. The van der Waals surface area contributed by atoms with Crippen molar-refractivity contribution in [3.8, 4) is 0 Å². The van der Waals surface area contributed by atoms with Gasteiger partial charge in [0.2, 0.25) is 0 Å². The maximum atomic E-state index is 14.4. The number of carboxylic acids is 1. The number of rotatable bonds is 9. The SMILES string of the molecule is CN(C(=O)c1ccc(CN)cc1)c1ccc(Cc2nc3c([nH]2)c(=O)n(Cc2ccccc2F)c(=O)n3CC2CC2)cc1.O=C(O)C(F)(F)F. The van der Waals surface area contributed by atoms with Gasteiger partial charge in [-0.3, -0.25) is 18.7 Å². The number of aromatic amines is 1. The molecule has 5 aromatic rings. The molecule has 15 heteroatoms. The topological polar surface area (TPSA) is 156 Å². The van der Waals surface area contributed by atoms with E-state index in [1.807, 2.05) is 36.4 Å². The number of carbonyl (C=O) groups is 2. The number of nitrogens with two attached hydrogens (primary N) is 1. The summed E-state index contributed by atoms with van der Waals surface area (Å²) in [6.45, 7) is 0.713. The molecule has 2 heterocycles. The summed E-state index contributed by atoms with van der Waals surface area (Å²) >= 11 is 0. The predicted octanol–water partition coefficient (Wildman–Crippen LogP) is 4.44. The third-order valence-corrected chi connectivity index (χ3v) is 8.01. The molecule has 1 amide bonds. The number of fused-ring (bicyclic) bond motifs is 1. The maximum Gasteiger partial charge on any atom is 0.490 e. The van der Waals surface area contributed by atoms with Crippen molar-refractivity contribution in [2.45, 2.75) is 45.1 Å². The summed E-state index contributed by atoms with van der Waals surface area (Å²) in [5.74, 6) is -2.47. The summed E-state index contributed by atoms with van der Waals surface area (Å²) in [7, 11) is 1.72. The Morgan fingerprint density at radius 3 is 2.16 bits per heavy atom. The number of nitrogens with one attached hydrogen (secondary N) is 1. The van der Waals surface area contributed by atoms with E-state index in [0.29, 0.717) is 42.5 Å². The van der Waals surface area contributed by atoms with E-state index in [1.54, 1.807) is 46.8 Å². The predicted molar refractivity (Wildman–Crippen MR) is 173 cm³/mol. The van der Waals surface area contributed by atoms with Crippen LogP contribution < -0.4 is 21.9 Å². The third-order valence-electron chi connectivity index (χ3n) is 8.01. The molecule has 1 aliphatic rings. The molecule has 0 spiro atoms. The molecular weight excluding hydrogens is 648 g/mol. The summed E-state index contributed by atoms with van der Waals surface area (Å²) in [4.78, 5) is 58.1. The fraction of sp³-hybridized carbons (Fsp3) is 0.265. The van der Waals surface area contributed by atoms with Gasteiger partial charge in [0.1, 0.15) is 17.2 Å². The van der Waals surface area contributed by atoms with Gasteiger partial charge in [0.25, 0.3) is 11.5 Å². The van der Waals surface area contributed by atoms with E-state index in [-0.39, 0.29) is 23.5 Å². The Balaban J connectivity index is 0.000000606. The molecule has 49 heavy (non-hydrogen) atoms. The number of aliphatic carboxylic acids is 1. The highest BCUT2D eigenvalue weighted by Gasteiger charge is 2.38. The number of amides is 1. The maximum absolute atomic E-state index is 14.4. The molecule has 0 unspecified atom stereocenters. The summed E-state index contributed by atoms with van der Waals surface area (Å²) < 4.78 is 48.7. The number of halogens is 4. The highest BCUT2D eigenvalue weighted by molar-refractivity contribution is 6.05. The van der Waals surface area contributed by atoms with Gasteiger partial charge in [0.15, 0.2) is 5.65 Å². The second kappa shape index (κ2) is 14.3. The Bertz CT molecular complexity index is 2100.